The highest BCUT2D eigenvalue weighted by atomic mass is 16.6. The summed E-state index contributed by atoms with van der Waals surface area (Å²) in [6.07, 6.45) is 0. The van der Waals surface area contributed by atoms with E-state index in [0.717, 1.165) is 22.7 Å². The number of nitrogens with one attached hydrogen (secondary N) is 1. The van der Waals surface area contributed by atoms with Crippen molar-refractivity contribution in [2.24, 2.45) is 5.92 Å². The van der Waals surface area contributed by atoms with E-state index in [1.807, 2.05) is 12.1 Å². The number of fused-ring (bicyclic) bond motifs is 2. The summed E-state index contributed by atoms with van der Waals surface area (Å²) in [6, 6.07) is 3.80. The van der Waals surface area contributed by atoms with Gasteiger partial charge in [0.1, 0.15) is 13.2 Å². The van der Waals surface area contributed by atoms with Crippen LogP contribution < -0.4 is 14.8 Å². The zero-order valence-electron chi connectivity index (χ0n) is 9.95. The van der Waals surface area contributed by atoms with Crippen LogP contribution in [0.5, 0.6) is 11.5 Å². The zero-order chi connectivity index (χ0) is 12.0. The van der Waals surface area contributed by atoms with Gasteiger partial charge in [-0.3, -0.25) is 4.79 Å². The first kappa shape index (κ1) is 10.4. The molecule has 2 aliphatic rings. The summed E-state index contributed by atoms with van der Waals surface area (Å²) in [6.45, 7) is 5.24. The van der Waals surface area contributed by atoms with E-state index in [1.165, 1.54) is 0 Å². The van der Waals surface area contributed by atoms with E-state index in [-0.39, 0.29) is 17.7 Å². The van der Waals surface area contributed by atoms with Gasteiger partial charge in [-0.2, -0.15) is 0 Å². The molecule has 0 fully saturated rings. The lowest BCUT2D eigenvalue weighted by Gasteiger charge is -2.20. The number of carbonyl (C=O) groups is 1. The van der Waals surface area contributed by atoms with Crippen LogP contribution in [0, 0.1) is 5.92 Å². The molecule has 4 heteroatoms. The molecule has 0 spiro atoms. The topological polar surface area (TPSA) is 47.6 Å². The minimum absolute atomic E-state index is 0.0670. The van der Waals surface area contributed by atoms with Crippen molar-refractivity contribution in [1.29, 1.82) is 0 Å². The Labute approximate surface area is 99.9 Å². The minimum Gasteiger partial charge on any atom is -0.486 e. The minimum atomic E-state index is -0.0826. The van der Waals surface area contributed by atoms with Crippen molar-refractivity contribution in [2.45, 2.75) is 19.8 Å². The third-order valence-corrected chi connectivity index (χ3v) is 3.26. The molecule has 0 saturated heterocycles. The highest BCUT2D eigenvalue weighted by Crippen LogP contribution is 2.44. The van der Waals surface area contributed by atoms with Gasteiger partial charge in [0.25, 0.3) is 0 Å². The van der Waals surface area contributed by atoms with Crippen molar-refractivity contribution >= 4 is 11.6 Å². The lowest BCUT2D eigenvalue weighted by Crippen LogP contribution is -2.17. The molecule has 3 rings (SSSR count). The fourth-order valence-corrected chi connectivity index (χ4v) is 2.48. The fraction of sp³-hybridized carbons (Fsp3) is 0.462. The Bertz CT molecular complexity index is 482. The molecule has 1 unspecified atom stereocenters. The summed E-state index contributed by atoms with van der Waals surface area (Å²) >= 11 is 0. The van der Waals surface area contributed by atoms with Crippen LogP contribution >= 0.6 is 0 Å². The number of hydrogen-bond acceptors (Lipinski definition) is 3. The molecule has 1 atom stereocenters. The standard InChI is InChI=1S/C13H15NO3/c1-7(2)12-8-5-10-11(17-4-3-16-10)6-9(8)14-13(12)15/h5-7,12H,3-4H2,1-2H3,(H,14,15). The molecule has 0 bridgehead atoms. The second kappa shape index (κ2) is 3.65. The number of benzene rings is 1. The van der Waals surface area contributed by atoms with E-state index in [0.29, 0.717) is 13.2 Å². The Morgan fingerprint density at radius 2 is 1.88 bits per heavy atom. The van der Waals surface area contributed by atoms with Crippen LogP contribution in [-0.4, -0.2) is 19.1 Å². The van der Waals surface area contributed by atoms with Gasteiger partial charge in [0.2, 0.25) is 5.91 Å². The molecule has 0 aliphatic carbocycles. The first-order chi connectivity index (χ1) is 8.16. The number of rotatable bonds is 1. The van der Waals surface area contributed by atoms with Crippen LogP contribution in [0.25, 0.3) is 0 Å². The summed E-state index contributed by atoms with van der Waals surface area (Å²) in [7, 11) is 0. The molecule has 1 amide bonds. The average molecular weight is 233 g/mol. The predicted octanol–water partition coefficient (Wildman–Crippen LogP) is 2.15. The highest BCUT2D eigenvalue weighted by molar-refractivity contribution is 6.03. The number of amides is 1. The summed E-state index contributed by atoms with van der Waals surface area (Å²) in [4.78, 5) is 11.9. The molecule has 0 radical (unpaired) electrons. The maximum absolute atomic E-state index is 11.9. The number of ether oxygens (including phenoxy) is 2. The number of carbonyl (C=O) groups excluding carboxylic acids is 1. The Balaban J connectivity index is 2.08. The van der Waals surface area contributed by atoms with Crippen molar-refractivity contribution in [3.05, 3.63) is 17.7 Å². The summed E-state index contributed by atoms with van der Waals surface area (Å²) in [5, 5.41) is 2.90. The molecule has 1 aromatic carbocycles. The van der Waals surface area contributed by atoms with E-state index in [4.69, 9.17) is 9.47 Å². The molecule has 2 heterocycles. The molecule has 4 nitrogen and oxygen atoms in total. The van der Waals surface area contributed by atoms with E-state index >= 15 is 0 Å². The Morgan fingerprint density at radius 3 is 2.53 bits per heavy atom. The van der Waals surface area contributed by atoms with Crippen molar-refractivity contribution in [2.75, 3.05) is 18.5 Å². The Kier molecular flexibility index (Phi) is 2.24. The first-order valence-corrected chi connectivity index (χ1v) is 5.91. The van der Waals surface area contributed by atoms with Gasteiger partial charge in [0.15, 0.2) is 11.5 Å². The van der Waals surface area contributed by atoms with Crippen LogP contribution in [0.3, 0.4) is 0 Å². The number of hydrogen-bond donors (Lipinski definition) is 1. The highest BCUT2D eigenvalue weighted by Gasteiger charge is 2.34. The van der Waals surface area contributed by atoms with Gasteiger partial charge in [-0.1, -0.05) is 13.8 Å². The lowest BCUT2D eigenvalue weighted by molar-refractivity contribution is -0.117. The van der Waals surface area contributed by atoms with Gasteiger partial charge in [0, 0.05) is 11.8 Å². The van der Waals surface area contributed by atoms with E-state index in [1.54, 1.807) is 0 Å². The first-order valence-electron chi connectivity index (χ1n) is 5.91. The predicted molar refractivity (Wildman–Crippen MR) is 63.6 cm³/mol. The van der Waals surface area contributed by atoms with E-state index in [9.17, 15) is 4.79 Å². The monoisotopic (exact) mass is 233 g/mol. The molecule has 0 saturated carbocycles. The molecular formula is C13H15NO3. The van der Waals surface area contributed by atoms with Gasteiger partial charge in [0.05, 0.1) is 5.92 Å². The van der Waals surface area contributed by atoms with Crippen molar-refractivity contribution < 1.29 is 14.3 Å². The molecular weight excluding hydrogens is 218 g/mol. The third-order valence-electron chi connectivity index (χ3n) is 3.26. The van der Waals surface area contributed by atoms with Crippen molar-refractivity contribution in [3.63, 3.8) is 0 Å². The molecule has 1 N–H and O–H groups in total. The second-order valence-corrected chi connectivity index (χ2v) is 4.79. The maximum Gasteiger partial charge on any atom is 0.232 e. The van der Waals surface area contributed by atoms with Crippen molar-refractivity contribution in [1.82, 2.24) is 0 Å². The molecule has 90 valence electrons. The van der Waals surface area contributed by atoms with Crippen molar-refractivity contribution in [3.8, 4) is 11.5 Å². The lowest BCUT2D eigenvalue weighted by atomic mass is 9.89. The largest absolute Gasteiger partial charge is 0.486 e. The molecule has 17 heavy (non-hydrogen) atoms. The number of anilines is 1. The Morgan fingerprint density at radius 1 is 1.24 bits per heavy atom. The van der Waals surface area contributed by atoms with Gasteiger partial charge in [-0.15, -0.1) is 0 Å². The molecule has 2 aliphatic heterocycles. The van der Waals surface area contributed by atoms with Gasteiger partial charge in [-0.25, -0.2) is 0 Å². The SMILES string of the molecule is CC(C)C1C(=O)Nc2cc3c(cc21)OCCO3. The quantitative estimate of drug-likeness (QED) is 0.808. The van der Waals surface area contributed by atoms with Gasteiger partial charge in [-0.05, 0) is 17.5 Å². The normalized spacial score (nSPS) is 21.4. The maximum atomic E-state index is 11.9. The van der Waals surface area contributed by atoms with E-state index < -0.39 is 0 Å². The zero-order valence-corrected chi connectivity index (χ0v) is 9.95. The van der Waals surface area contributed by atoms with Crippen LogP contribution in [-0.2, 0) is 4.79 Å². The van der Waals surface area contributed by atoms with E-state index in [2.05, 4.69) is 19.2 Å². The van der Waals surface area contributed by atoms with Crippen LogP contribution in [0.4, 0.5) is 5.69 Å². The van der Waals surface area contributed by atoms with Crippen LogP contribution in [0.1, 0.15) is 25.3 Å². The Hall–Kier alpha value is -1.71. The smallest absolute Gasteiger partial charge is 0.232 e. The average Bonchev–Trinajstić information content (AvgIpc) is 2.60. The fourth-order valence-electron chi connectivity index (χ4n) is 2.48. The van der Waals surface area contributed by atoms with Gasteiger partial charge >= 0.3 is 0 Å². The van der Waals surface area contributed by atoms with Crippen LogP contribution in [0.15, 0.2) is 12.1 Å². The van der Waals surface area contributed by atoms with Crippen LogP contribution in [0.2, 0.25) is 0 Å². The second-order valence-electron chi connectivity index (χ2n) is 4.79. The van der Waals surface area contributed by atoms with Gasteiger partial charge < -0.3 is 14.8 Å². The summed E-state index contributed by atoms with van der Waals surface area (Å²) in [5.41, 5.74) is 1.88. The summed E-state index contributed by atoms with van der Waals surface area (Å²) in [5.74, 6) is 1.73. The summed E-state index contributed by atoms with van der Waals surface area (Å²) < 4.78 is 11.1. The molecule has 0 aromatic heterocycles. The molecule has 1 aromatic rings. The third kappa shape index (κ3) is 1.55.